The van der Waals surface area contributed by atoms with Gasteiger partial charge in [0.25, 0.3) is 5.82 Å². The minimum Gasteiger partial charge on any atom is -0.488 e. The molecule has 0 unspecified atom stereocenters. The van der Waals surface area contributed by atoms with Crippen LogP contribution in [-0.4, -0.2) is 53.0 Å². The summed E-state index contributed by atoms with van der Waals surface area (Å²) >= 11 is 0. The van der Waals surface area contributed by atoms with Crippen LogP contribution in [0.2, 0.25) is 0 Å². The predicted molar refractivity (Wildman–Crippen MR) is 178 cm³/mol. The number of hydrogen-bond donors (Lipinski definition) is 3. The number of pyridine rings is 1. The highest BCUT2D eigenvalue weighted by Gasteiger charge is 2.40. The molecule has 1 amide bonds. The first-order valence-electron chi connectivity index (χ1n) is 16.6. The predicted octanol–water partition coefficient (Wildman–Crippen LogP) is 5.31. The number of quaternary nitrogens is 1. The van der Waals surface area contributed by atoms with Crippen LogP contribution in [0.4, 0.5) is 27.6 Å². The molecule has 1 saturated heterocycles. The summed E-state index contributed by atoms with van der Waals surface area (Å²) in [5.41, 5.74) is -0.359. The average molecular weight is 710 g/mol. The molecule has 7 rings (SSSR count). The summed E-state index contributed by atoms with van der Waals surface area (Å²) in [5.74, 6) is -3.14. The van der Waals surface area contributed by atoms with E-state index >= 15 is 8.78 Å². The van der Waals surface area contributed by atoms with Crippen molar-refractivity contribution >= 4 is 33.9 Å². The van der Waals surface area contributed by atoms with Gasteiger partial charge in [-0.3, -0.25) is 9.59 Å². The smallest absolute Gasteiger partial charge is 0.417 e. The van der Waals surface area contributed by atoms with Gasteiger partial charge in [0.2, 0.25) is 17.2 Å². The van der Waals surface area contributed by atoms with Crippen molar-refractivity contribution in [1.29, 1.82) is 0 Å². The Morgan fingerprint density at radius 3 is 2.55 bits per heavy atom. The Morgan fingerprint density at radius 1 is 1.12 bits per heavy atom. The third kappa shape index (κ3) is 6.27. The van der Waals surface area contributed by atoms with E-state index in [0.29, 0.717) is 47.7 Å². The van der Waals surface area contributed by atoms with Crippen molar-refractivity contribution in [3.8, 4) is 16.9 Å². The molecule has 9 nitrogen and oxygen atoms in total. The zero-order chi connectivity index (χ0) is 36.2. The van der Waals surface area contributed by atoms with Crippen molar-refractivity contribution in [3.05, 3.63) is 94.6 Å². The maximum atomic E-state index is 15.3. The molecule has 0 bridgehead atoms. The molecule has 2 aromatic carbocycles. The van der Waals surface area contributed by atoms with Crippen LogP contribution in [0.25, 0.3) is 27.7 Å². The average Bonchev–Trinajstić information content (AvgIpc) is 3.59. The van der Waals surface area contributed by atoms with E-state index in [-0.39, 0.29) is 46.7 Å². The molecule has 0 atom stereocenters. The first kappa shape index (κ1) is 34.4. The van der Waals surface area contributed by atoms with E-state index in [2.05, 4.69) is 22.5 Å². The number of imidazole rings is 1. The fraction of sp³-hybridized carbons (Fsp3) is 0.324. The van der Waals surface area contributed by atoms with E-state index in [1.165, 1.54) is 34.9 Å². The van der Waals surface area contributed by atoms with Crippen molar-refractivity contribution in [1.82, 2.24) is 9.38 Å². The van der Waals surface area contributed by atoms with Gasteiger partial charge in [-0.2, -0.15) is 13.2 Å². The van der Waals surface area contributed by atoms with Crippen molar-refractivity contribution in [2.45, 2.75) is 44.8 Å². The van der Waals surface area contributed by atoms with Gasteiger partial charge in [-0.25, -0.2) is 18.3 Å². The number of nitrogens with two attached hydrogens (primary N) is 1. The molecule has 0 saturated carbocycles. The summed E-state index contributed by atoms with van der Waals surface area (Å²) in [4.78, 5) is 29.5. The molecule has 2 aliphatic heterocycles. The molecule has 2 aliphatic rings. The maximum Gasteiger partial charge on any atom is 0.417 e. The van der Waals surface area contributed by atoms with E-state index in [1.54, 1.807) is 24.6 Å². The Kier molecular flexibility index (Phi) is 8.70. The number of aryl methyl sites for hydroxylation is 2. The lowest BCUT2D eigenvalue weighted by atomic mass is 9.92. The monoisotopic (exact) mass is 709 g/mol. The number of carbonyl (C=O) groups is 2. The van der Waals surface area contributed by atoms with Crippen LogP contribution >= 0.6 is 0 Å². The Hall–Kier alpha value is -5.08. The molecule has 1 fully saturated rings. The summed E-state index contributed by atoms with van der Waals surface area (Å²) in [5, 5.41) is 4.30. The number of ketones is 1. The van der Waals surface area contributed by atoms with E-state index in [1.807, 2.05) is 0 Å². The molecule has 5 aromatic rings. The van der Waals surface area contributed by atoms with Crippen LogP contribution < -0.4 is 19.9 Å². The van der Waals surface area contributed by atoms with Crippen LogP contribution in [0.3, 0.4) is 0 Å². The van der Waals surface area contributed by atoms with Crippen molar-refractivity contribution in [3.63, 3.8) is 0 Å². The minimum absolute atomic E-state index is 0.00459. The molecule has 51 heavy (non-hydrogen) atoms. The highest BCUT2D eigenvalue weighted by molar-refractivity contribution is 6.10. The molecule has 0 radical (unpaired) electrons. The first-order valence-corrected chi connectivity index (χ1v) is 16.6. The van der Waals surface area contributed by atoms with Gasteiger partial charge >= 0.3 is 6.18 Å². The molecule has 4 N–H and O–H groups in total. The van der Waals surface area contributed by atoms with Crippen LogP contribution in [0.1, 0.15) is 52.8 Å². The summed E-state index contributed by atoms with van der Waals surface area (Å²) in [6.07, 6.45) is 1.55. The second-order valence-corrected chi connectivity index (χ2v) is 13.3. The zero-order valence-corrected chi connectivity index (χ0v) is 28.1. The number of fused-ring (bicyclic) bond motifs is 4. The number of ether oxygens (including phenoxy) is 2. The molecule has 266 valence electrons. The lowest BCUT2D eigenvalue weighted by molar-refractivity contribution is -0.721. The Balaban J connectivity index is 1.21. The number of halogens is 5. The number of benzene rings is 2. The van der Waals surface area contributed by atoms with Gasteiger partial charge in [0, 0.05) is 61.2 Å². The second-order valence-electron chi connectivity index (χ2n) is 13.3. The van der Waals surface area contributed by atoms with Crippen LogP contribution in [-0.2, 0) is 29.2 Å². The number of amides is 1. The van der Waals surface area contributed by atoms with E-state index in [4.69, 9.17) is 9.47 Å². The van der Waals surface area contributed by atoms with E-state index < -0.39 is 40.8 Å². The molecule has 5 heterocycles. The molecular formula is C37H36F5N5O4+2. The van der Waals surface area contributed by atoms with Gasteiger partial charge in [0.05, 0.1) is 55.7 Å². The Labute approximate surface area is 289 Å². The number of H-pyrrole nitrogens is 1. The lowest BCUT2D eigenvalue weighted by Gasteiger charge is -2.30. The van der Waals surface area contributed by atoms with Gasteiger partial charge < -0.3 is 24.5 Å². The molecule has 14 heteroatoms. The van der Waals surface area contributed by atoms with Gasteiger partial charge in [-0.1, -0.05) is 6.07 Å². The number of carbonyl (C=O) groups excluding carboxylic acids is 2. The number of anilines is 1. The fourth-order valence-corrected chi connectivity index (χ4v) is 6.99. The van der Waals surface area contributed by atoms with Crippen LogP contribution in [0.5, 0.6) is 5.75 Å². The number of nitrogens with zero attached hydrogens (tertiary/aromatic N) is 2. The third-order valence-corrected chi connectivity index (χ3v) is 9.93. The summed E-state index contributed by atoms with van der Waals surface area (Å²) in [7, 11) is 1.66. The SMILES string of the molecule is Cc1[nH]c2c3c(c(C(F)(F)F)cc2[n+]1C)-c1cccn2c(C(=O)c4cc(F)c(NC(=O)/C=C/C[NH2+]C5(C)CCOCC5)c(F)c4)cc(c12)CCO3. The number of rotatable bonds is 7. The van der Waals surface area contributed by atoms with Gasteiger partial charge in [0.1, 0.15) is 17.3 Å². The molecule has 0 spiro atoms. The zero-order valence-electron chi connectivity index (χ0n) is 28.1. The van der Waals surface area contributed by atoms with Crippen LogP contribution in [0.15, 0.2) is 54.7 Å². The normalized spacial score (nSPS) is 15.8. The summed E-state index contributed by atoms with van der Waals surface area (Å²) in [6.45, 7) is 5.68. The number of alkyl halides is 3. The van der Waals surface area contributed by atoms with E-state index in [9.17, 15) is 22.8 Å². The summed E-state index contributed by atoms with van der Waals surface area (Å²) < 4.78 is 89.2. The number of hydrogen-bond acceptors (Lipinski definition) is 4. The fourth-order valence-electron chi connectivity index (χ4n) is 6.99. The van der Waals surface area contributed by atoms with Crippen molar-refractivity contribution < 1.29 is 50.9 Å². The van der Waals surface area contributed by atoms with Gasteiger partial charge in [-0.15, -0.1) is 0 Å². The van der Waals surface area contributed by atoms with Crippen molar-refractivity contribution in [2.75, 3.05) is 31.7 Å². The van der Waals surface area contributed by atoms with Gasteiger partial charge in [-0.05, 0) is 42.8 Å². The first-order chi connectivity index (χ1) is 24.3. The number of aromatic nitrogens is 3. The topological polar surface area (TPSA) is 105 Å². The van der Waals surface area contributed by atoms with Gasteiger partial charge in [0.15, 0.2) is 11.3 Å². The molecular weight excluding hydrogens is 673 g/mol. The largest absolute Gasteiger partial charge is 0.488 e. The van der Waals surface area contributed by atoms with Crippen molar-refractivity contribution in [2.24, 2.45) is 7.05 Å². The highest BCUT2D eigenvalue weighted by Crippen LogP contribution is 2.48. The Bertz CT molecular complexity index is 2220. The lowest BCUT2D eigenvalue weighted by Crippen LogP contribution is -2.96. The third-order valence-electron chi connectivity index (χ3n) is 9.93. The maximum absolute atomic E-state index is 15.3. The molecule has 0 aliphatic carbocycles. The summed E-state index contributed by atoms with van der Waals surface area (Å²) in [6, 6.07) is 7.29. The quantitative estimate of drug-likeness (QED) is 0.0923. The standard InChI is InChI=1S/C37H34F5N5O4/c1-20-44-32-27(46(20)3)19-24(37(40,41)42)30-23-6-5-12-47-28(18-21(33(23)47)8-13-51-35(30)32)34(49)22-16-25(38)31(26(39)17-22)45-29(48)7-4-11-43-36(2)9-14-50-15-10-36/h4-7,12,16-19,43H,8-11,13-15H2,1-3H3,(H,45,48,49)/p+2/b7-4+. The Morgan fingerprint density at radius 2 is 1.84 bits per heavy atom. The van der Waals surface area contributed by atoms with E-state index in [0.717, 1.165) is 31.0 Å². The second kappa shape index (κ2) is 12.9. The molecule has 3 aromatic heterocycles. The van der Waals surface area contributed by atoms with Crippen LogP contribution in [0, 0.1) is 18.6 Å². The highest BCUT2D eigenvalue weighted by atomic mass is 19.4. The number of aromatic amines is 1. The number of nitrogens with one attached hydrogen (secondary N) is 2. The minimum atomic E-state index is -4.75.